The van der Waals surface area contributed by atoms with Crippen LogP contribution < -0.4 is 5.73 Å². The van der Waals surface area contributed by atoms with E-state index in [-0.39, 0.29) is 0 Å². The molecule has 0 aliphatic heterocycles. The monoisotopic (exact) mass is 176 g/mol. The summed E-state index contributed by atoms with van der Waals surface area (Å²) in [6.45, 7) is 0. The van der Waals surface area contributed by atoms with Crippen molar-refractivity contribution in [3.05, 3.63) is 23.9 Å². The minimum Gasteiger partial charge on any atom is -0.384 e. The Kier molecular flexibility index (Phi) is 2.00. The Morgan fingerprint density at radius 1 is 1.46 bits per heavy atom. The standard InChI is InChI=1S/C10H12N2O/c11-10-3-1-2-9(12-10)7-4-5-8(13)6-7/h1-3,7H,4-6H2,(H2,11,12). The number of ketones is 1. The Balaban J connectivity index is 2.21. The zero-order valence-electron chi connectivity index (χ0n) is 7.36. The number of aromatic nitrogens is 1. The lowest BCUT2D eigenvalue weighted by atomic mass is 10.0. The number of Topliss-reactive ketones (excluding diaryl/α,β-unsaturated/α-hetero) is 1. The van der Waals surface area contributed by atoms with Crippen LogP contribution in [0.2, 0.25) is 0 Å². The van der Waals surface area contributed by atoms with Gasteiger partial charge in [0.25, 0.3) is 0 Å². The minimum atomic E-state index is 0.302. The second kappa shape index (κ2) is 3.17. The van der Waals surface area contributed by atoms with Gasteiger partial charge in [0.05, 0.1) is 0 Å². The van der Waals surface area contributed by atoms with Crippen LogP contribution in [0.5, 0.6) is 0 Å². The van der Waals surface area contributed by atoms with Gasteiger partial charge >= 0.3 is 0 Å². The highest BCUT2D eigenvalue weighted by molar-refractivity contribution is 5.81. The van der Waals surface area contributed by atoms with Crippen LogP contribution in [-0.2, 0) is 4.79 Å². The maximum atomic E-state index is 11.1. The van der Waals surface area contributed by atoms with Crippen LogP contribution in [-0.4, -0.2) is 10.8 Å². The summed E-state index contributed by atoms with van der Waals surface area (Å²) in [6.07, 6.45) is 2.26. The lowest BCUT2D eigenvalue weighted by Gasteiger charge is -2.06. The Morgan fingerprint density at radius 3 is 2.92 bits per heavy atom. The Bertz CT molecular complexity index is 335. The topological polar surface area (TPSA) is 56.0 Å². The molecule has 1 aliphatic carbocycles. The van der Waals surface area contributed by atoms with Gasteiger partial charge in [-0.2, -0.15) is 0 Å². The molecule has 0 spiro atoms. The Labute approximate surface area is 77.0 Å². The molecule has 1 unspecified atom stereocenters. The van der Waals surface area contributed by atoms with Crippen molar-refractivity contribution in [1.82, 2.24) is 4.98 Å². The van der Waals surface area contributed by atoms with Crippen molar-refractivity contribution in [2.24, 2.45) is 0 Å². The van der Waals surface area contributed by atoms with Crippen molar-refractivity contribution in [3.8, 4) is 0 Å². The first-order valence-electron chi connectivity index (χ1n) is 4.50. The zero-order valence-corrected chi connectivity index (χ0v) is 7.36. The average Bonchev–Trinajstić information content (AvgIpc) is 2.52. The molecule has 0 radical (unpaired) electrons. The molecule has 1 aliphatic rings. The van der Waals surface area contributed by atoms with Crippen LogP contribution in [0.4, 0.5) is 5.82 Å². The Morgan fingerprint density at radius 2 is 2.31 bits per heavy atom. The highest BCUT2D eigenvalue weighted by Crippen LogP contribution is 2.30. The predicted molar refractivity (Wildman–Crippen MR) is 50.2 cm³/mol. The fourth-order valence-corrected chi connectivity index (χ4v) is 1.76. The maximum Gasteiger partial charge on any atom is 0.133 e. The molecule has 68 valence electrons. The number of pyridine rings is 1. The van der Waals surface area contributed by atoms with Gasteiger partial charge in [0.2, 0.25) is 0 Å². The number of nitrogens with zero attached hydrogens (tertiary/aromatic N) is 1. The summed E-state index contributed by atoms with van der Waals surface area (Å²) in [4.78, 5) is 15.3. The quantitative estimate of drug-likeness (QED) is 0.705. The van der Waals surface area contributed by atoms with Crippen LogP contribution in [0.1, 0.15) is 30.9 Å². The first-order chi connectivity index (χ1) is 6.25. The molecule has 3 heteroatoms. The third kappa shape index (κ3) is 1.69. The van der Waals surface area contributed by atoms with Crippen LogP contribution in [0, 0.1) is 0 Å². The zero-order chi connectivity index (χ0) is 9.26. The predicted octanol–water partition coefficient (Wildman–Crippen LogP) is 1.50. The summed E-state index contributed by atoms with van der Waals surface area (Å²) < 4.78 is 0. The first kappa shape index (κ1) is 8.23. The highest BCUT2D eigenvalue weighted by Gasteiger charge is 2.24. The molecule has 1 aromatic heterocycles. The molecular formula is C10H12N2O. The summed E-state index contributed by atoms with van der Waals surface area (Å²) >= 11 is 0. The van der Waals surface area contributed by atoms with E-state index in [9.17, 15) is 4.79 Å². The van der Waals surface area contributed by atoms with E-state index in [1.54, 1.807) is 6.07 Å². The van der Waals surface area contributed by atoms with Gasteiger partial charge in [-0.3, -0.25) is 4.79 Å². The third-order valence-corrected chi connectivity index (χ3v) is 2.46. The van der Waals surface area contributed by atoms with Crippen LogP contribution >= 0.6 is 0 Å². The SMILES string of the molecule is Nc1cccc(C2CCC(=O)C2)n1. The molecule has 0 bridgehead atoms. The second-order valence-corrected chi connectivity index (χ2v) is 3.47. The van der Waals surface area contributed by atoms with E-state index in [0.717, 1.165) is 12.1 Å². The van der Waals surface area contributed by atoms with Gasteiger partial charge in [-0.25, -0.2) is 4.98 Å². The normalized spacial score (nSPS) is 22.2. The van der Waals surface area contributed by atoms with Gasteiger partial charge in [-0.15, -0.1) is 0 Å². The van der Waals surface area contributed by atoms with Crippen LogP contribution in [0.3, 0.4) is 0 Å². The molecular weight excluding hydrogens is 164 g/mol. The lowest BCUT2D eigenvalue weighted by molar-refractivity contribution is -0.117. The number of anilines is 1. The first-order valence-corrected chi connectivity index (χ1v) is 4.50. The van der Waals surface area contributed by atoms with Gasteiger partial charge < -0.3 is 5.73 Å². The van der Waals surface area contributed by atoms with Gasteiger partial charge in [-0.05, 0) is 18.6 Å². The fourth-order valence-electron chi connectivity index (χ4n) is 1.76. The number of rotatable bonds is 1. The fraction of sp³-hybridized carbons (Fsp3) is 0.400. The minimum absolute atomic E-state index is 0.302. The number of hydrogen-bond donors (Lipinski definition) is 1. The van der Waals surface area contributed by atoms with Crippen LogP contribution in [0.25, 0.3) is 0 Å². The van der Waals surface area contributed by atoms with Crippen molar-refractivity contribution in [2.45, 2.75) is 25.2 Å². The van der Waals surface area contributed by atoms with E-state index >= 15 is 0 Å². The summed E-state index contributed by atoms with van der Waals surface area (Å²) in [6, 6.07) is 5.60. The lowest BCUT2D eigenvalue weighted by Crippen LogP contribution is -2.00. The highest BCUT2D eigenvalue weighted by atomic mass is 16.1. The number of nitrogen functional groups attached to an aromatic ring is 1. The van der Waals surface area contributed by atoms with Crippen LogP contribution in [0.15, 0.2) is 18.2 Å². The molecule has 1 saturated carbocycles. The molecule has 0 aromatic carbocycles. The summed E-state index contributed by atoms with van der Waals surface area (Å²) in [5.74, 6) is 1.18. The largest absolute Gasteiger partial charge is 0.384 e. The van der Waals surface area contributed by atoms with Crippen molar-refractivity contribution in [2.75, 3.05) is 5.73 Å². The van der Waals surface area contributed by atoms with Gasteiger partial charge in [-0.1, -0.05) is 6.07 Å². The second-order valence-electron chi connectivity index (χ2n) is 3.47. The van der Waals surface area contributed by atoms with E-state index < -0.39 is 0 Å². The molecule has 1 heterocycles. The van der Waals surface area contributed by atoms with Crippen molar-refractivity contribution < 1.29 is 4.79 Å². The summed E-state index contributed by atoms with van der Waals surface area (Å²) in [5, 5.41) is 0. The van der Waals surface area contributed by atoms with E-state index in [2.05, 4.69) is 4.98 Å². The molecule has 2 rings (SSSR count). The number of carbonyl (C=O) groups excluding carboxylic acids is 1. The number of nitrogens with two attached hydrogens (primary N) is 1. The number of hydrogen-bond acceptors (Lipinski definition) is 3. The average molecular weight is 176 g/mol. The van der Waals surface area contributed by atoms with Gasteiger partial charge in [0, 0.05) is 24.5 Å². The van der Waals surface area contributed by atoms with E-state index in [4.69, 9.17) is 5.73 Å². The molecule has 1 aromatic rings. The van der Waals surface area contributed by atoms with Gasteiger partial charge in [0.1, 0.15) is 11.6 Å². The summed E-state index contributed by atoms with van der Waals surface area (Å²) in [7, 11) is 0. The number of carbonyl (C=O) groups is 1. The smallest absolute Gasteiger partial charge is 0.133 e. The van der Waals surface area contributed by atoms with Crippen molar-refractivity contribution in [3.63, 3.8) is 0 Å². The maximum absolute atomic E-state index is 11.1. The van der Waals surface area contributed by atoms with E-state index in [1.807, 2.05) is 12.1 Å². The molecule has 2 N–H and O–H groups in total. The molecule has 1 fully saturated rings. The third-order valence-electron chi connectivity index (χ3n) is 2.46. The van der Waals surface area contributed by atoms with Gasteiger partial charge in [0.15, 0.2) is 0 Å². The van der Waals surface area contributed by atoms with Crippen molar-refractivity contribution >= 4 is 11.6 Å². The molecule has 1 atom stereocenters. The van der Waals surface area contributed by atoms with E-state index in [1.165, 1.54) is 0 Å². The van der Waals surface area contributed by atoms with E-state index in [0.29, 0.717) is 30.4 Å². The molecule has 0 amide bonds. The summed E-state index contributed by atoms with van der Waals surface area (Å²) in [5.41, 5.74) is 6.53. The molecule has 13 heavy (non-hydrogen) atoms. The molecule has 0 saturated heterocycles. The molecule has 3 nitrogen and oxygen atoms in total. The Hall–Kier alpha value is -1.38. The van der Waals surface area contributed by atoms with Crippen molar-refractivity contribution in [1.29, 1.82) is 0 Å².